The number of para-hydroxylation sites is 2. The van der Waals surface area contributed by atoms with E-state index in [0.717, 1.165) is 5.56 Å². The first kappa shape index (κ1) is 22.7. The molecule has 12 heteroatoms. The highest BCUT2D eigenvalue weighted by atomic mass is 19.4. The Labute approximate surface area is 196 Å². The van der Waals surface area contributed by atoms with E-state index in [2.05, 4.69) is 16.0 Å². The summed E-state index contributed by atoms with van der Waals surface area (Å²) in [5, 5.41) is 7.31. The third-order valence-corrected chi connectivity index (χ3v) is 6.24. The van der Waals surface area contributed by atoms with Crippen molar-refractivity contribution < 1.29 is 37.1 Å². The van der Waals surface area contributed by atoms with Gasteiger partial charge in [-0.25, -0.2) is 4.79 Å². The molecule has 2 aromatic carbocycles. The zero-order valence-electron chi connectivity index (χ0n) is 18.1. The maximum absolute atomic E-state index is 13.2. The van der Waals surface area contributed by atoms with E-state index in [4.69, 9.17) is 4.74 Å². The summed E-state index contributed by atoms with van der Waals surface area (Å²) < 4.78 is 45.2. The van der Waals surface area contributed by atoms with Crippen molar-refractivity contribution >= 4 is 29.4 Å². The van der Waals surface area contributed by atoms with Crippen molar-refractivity contribution in [2.24, 2.45) is 0 Å². The van der Waals surface area contributed by atoms with E-state index in [1.54, 1.807) is 18.2 Å². The summed E-state index contributed by atoms with van der Waals surface area (Å²) >= 11 is 0. The molecule has 0 aromatic heterocycles. The normalized spacial score (nSPS) is 23.2. The number of anilines is 1. The Balaban J connectivity index is 1.36. The summed E-state index contributed by atoms with van der Waals surface area (Å²) in [6, 6.07) is 8.58. The summed E-state index contributed by atoms with van der Waals surface area (Å²) in [4.78, 5) is 50.4. The fourth-order valence-electron chi connectivity index (χ4n) is 4.63. The van der Waals surface area contributed by atoms with Gasteiger partial charge in [0.25, 0.3) is 17.7 Å². The van der Waals surface area contributed by atoms with Crippen molar-refractivity contribution in [2.45, 2.75) is 30.6 Å². The summed E-state index contributed by atoms with van der Waals surface area (Å²) in [5.74, 6) is -1.99. The highest BCUT2D eigenvalue weighted by molar-refractivity contribution is 6.08. The fraction of sp³-hybridized carbons (Fsp3) is 0.304. The van der Waals surface area contributed by atoms with Gasteiger partial charge < -0.3 is 15.4 Å². The summed E-state index contributed by atoms with van der Waals surface area (Å²) in [5.41, 5.74) is 0.460. The molecular weight excluding hydrogens is 469 g/mol. The van der Waals surface area contributed by atoms with Crippen LogP contribution in [0, 0.1) is 0 Å². The average Bonchev–Trinajstić information content (AvgIpc) is 3.26. The topological polar surface area (TPSA) is 117 Å². The van der Waals surface area contributed by atoms with Crippen molar-refractivity contribution in [3.05, 3.63) is 59.2 Å². The molecule has 1 spiro atoms. The Kier molecular flexibility index (Phi) is 5.18. The van der Waals surface area contributed by atoms with Crippen molar-refractivity contribution in [3.63, 3.8) is 0 Å². The van der Waals surface area contributed by atoms with Gasteiger partial charge in [-0.3, -0.25) is 24.6 Å². The van der Waals surface area contributed by atoms with Crippen LogP contribution in [0.5, 0.6) is 5.75 Å². The number of amides is 5. The molecule has 9 nitrogen and oxygen atoms in total. The lowest BCUT2D eigenvalue weighted by atomic mass is 9.96. The van der Waals surface area contributed by atoms with E-state index in [1.165, 1.54) is 24.3 Å². The number of carbonyl (C=O) groups is 4. The molecule has 0 bridgehead atoms. The number of benzene rings is 2. The van der Waals surface area contributed by atoms with Gasteiger partial charge in [-0.1, -0.05) is 18.2 Å². The Morgan fingerprint density at radius 1 is 1.11 bits per heavy atom. The minimum atomic E-state index is -4.67. The van der Waals surface area contributed by atoms with Crippen LogP contribution in [0.3, 0.4) is 0 Å². The number of rotatable bonds is 3. The number of nitrogens with zero attached hydrogens (tertiary/aromatic N) is 1. The van der Waals surface area contributed by atoms with Gasteiger partial charge in [0.15, 0.2) is 0 Å². The van der Waals surface area contributed by atoms with Crippen LogP contribution in [-0.2, 0) is 22.4 Å². The molecule has 0 saturated carbocycles. The Hall–Kier alpha value is -4.09. The highest BCUT2D eigenvalue weighted by Gasteiger charge is 2.50. The molecule has 2 aromatic rings. The van der Waals surface area contributed by atoms with E-state index >= 15 is 0 Å². The molecule has 5 amide bonds. The molecule has 5 rings (SSSR count). The molecule has 35 heavy (non-hydrogen) atoms. The van der Waals surface area contributed by atoms with Gasteiger partial charge in [-0.2, -0.15) is 13.2 Å². The number of ether oxygens (including phenoxy) is 1. The van der Waals surface area contributed by atoms with E-state index in [9.17, 15) is 32.3 Å². The van der Waals surface area contributed by atoms with E-state index in [1.807, 2.05) is 0 Å². The lowest BCUT2D eigenvalue weighted by molar-refractivity contribution is -0.133. The fourth-order valence-corrected chi connectivity index (χ4v) is 4.63. The summed E-state index contributed by atoms with van der Waals surface area (Å²) in [6.45, 7) is -1.89. The Bertz CT molecular complexity index is 1260. The maximum Gasteiger partial charge on any atom is 0.406 e. The molecule has 3 N–H and O–H groups in total. The number of nitrogens with one attached hydrogen (secondary N) is 3. The SMILES string of the molecule is O=C1NC(=O)C2(Cc3ccc(C(=O)N[C@@H]4COc5ccccc5N(CC(F)(F)F)C4=O)cc3C2)N1. The van der Waals surface area contributed by atoms with Crippen molar-refractivity contribution in [1.29, 1.82) is 0 Å². The standard InChI is InChI=1S/C23H19F3N4O5/c24-23(25,26)11-30-16-3-1-2-4-17(16)35-10-15(19(30)32)27-18(31)12-5-6-13-8-22(9-14(13)7-12)20(33)28-21(34)29-22/h1-7,15H,8-11H2,(H,27,31)(H2,28,29,33,34)/t15-,22?/m1/s1. The second kappa shape index (κ2) is 8.00. The third kappa shape index (κ3) is 4.15. The largest absolute Gasteiger partial charge is 0.489 e. The first-order chi connectivity index (χ1) is 16.5. The van der Waals surface area contributed by atoms with E-state index in [0.29, 0.717) is 10.5 Å². The Morgan fingerprint density at radius 3 is 2.57 bits per heavy atom. The molecule has 2 heterocycles. The van der Waals surface area contributed by atoms with Gasteiger partial charge in [0.05, 0.1) is 5.69 Å². The van der Waals surface area contributed by atoms with Gasteiger partial charge in [0, 0.05) is 18.4 Å². The molecule has 3 aliphatic rings. The molecule has 182 valence electrons. The number of carbonyl (C=O) groups excluding carboxylic acids is 4. The zero-order valence-corrected chi connectivity index (χ0v) is 18.1. The van der Waals surface area contributed by atoms with Gasteiger partial charge in [0.1, 0.15) is 30.5 Å². The van der Waals surface area contributed by atoms with E-state index < -0.39 is 48.1 Å². The number of urea groups is 1. The van der Waals surface area contributed by atoms with Gasteiger partial charge >= 0.3 is 12.2 Å². The van der Waals surface area contributed by atoms with E-state index in [-0.39, 0.29) is 36.4 Å². The Morgan fingerprint density at radius 2 is 1.86 bits per heavy atom. The first-order valence-corrected chi connectivity index (χ1v) is 10.7. The van der Waals surface area contributed by atoms with Crippen LogP contribution in [0.2, 0.25) is 0 Å². The number of hydrogen-bond acceptors (Lipinski definition) is 5. The lowest BCUT2D eigenvalue weighted by Crippen LogP contribution is -2.52. The van der Waals surface area contributed by atoms with Crippen LogP contribution in [0.1, 0.15) is 21.5 Å². The van der Waals surface area contributed by atoms with Crippen LogP contribution < -0.4 is 25.6 Å². The average molecular weight is 488 g/mol. The monoisotopic (exact) mass is 488 g/mol. The molecule has 1 unspecified atom stereocenters. The minimum Gasteiger partial charge on any atom is -0.489 e. The van der Waals surface area contributed by atoms with Crippen LogP contribution in [0.15, 0.2) is 42.5 Å². The summed E-state index contributed by atoms with van der Waals surface area (Å²) in [6.07, 6.45) is -4.22. The van der Waals surface area contributed by atoms with Gasteiger partial charge in [-0.15, -0.1) is 0 Å². The molecule has 0 radical (unpaired) electrons. The molecule has 2 atom stereocenters. The predicted molar refractivity (Wildman–Crippen MR) is 115 cm³/mol. The first-order valence-electron chi connectivity index (χ1n) is 10.7. The second-order valence-electron chi connectivity index (χ2n) is 8.67. The zero-order chi connectivity index (χ0) is 25.0. The molecule has 1 saturated heterocycles. The predicted octanol–water partition coefficient (Wildman–Crippen LogP) is 1.45. The smallest absolute Gasteiger partial charge is 0.406 e. The van der Waals surface area contributed by atoms with Crippen molar-refractivity contribution in [2.75, 3.05) is 18.1 Å². The van der Waals surface area contributed by atoms with Gasteiger partial charge in [0.2, 0.25) is 0 Å². The summed E-state index contributed by atoms with van der Waals surface area (Å²) in [7, 11) is 0. The second-order valence-corrected chi connectivity index (χ2v) is 8.67. The van der Waals surface area contributed by atoms with Crippen LogP contribution in [-0.4, -0.2) is 54.7 Å². The molecule has 2 aliphatic heterocycles. The number of halogens is 3. The van der Waals surface area contributed by atoms with Gasteiger partial charge in [-0.05, 0) is 35.4 Å². The quantitative estimate of drug-likeness (QED) is 0.566. The van der Waals surface area contributed by atoms with Crippen LogP contribution in [0.4, 0.5) is 23.7 Å². The number of alkyl halides is 3. The maximum atomic E-state index is 13.2. The molecule has 1 fully saturated rings. The van der Waals surface area contributed by atoms with Crippen molar-refractivity contribution in [3.8, 4) is 5.75 Å². The number of fused-ring (bicyclic) bond motifs is 2. The highest BCUT2D eigenvalue weighted by Crippen LogP contribution is 2.34. The van der Waals surface area contributed by atoms with Crippen molar-refractivity contribution in [1.82, 2.24) is 16.0 Å². The van der Waals surface area contributed by atoms with Crippen LogP contribution in [0.25, 0.3) is 0 Å². The third-order valence-electron chi connectivity index (χ3n) is 6.24. The lowest BCUT2D eigenvalue weighted by Gasteiger charge is -2.25. The molecular formula is C23H19F3N4O5. The number of hydrogen-bond donors (Lipinski definition) is 3. The minimum absolute atomic E-state index is 0.0358. The number of imide groups is 1. The molecule has 1 aliphatic carbocycles. The van der Waals surface area contributed by atoms with Crippen LogP contribution >= 0.6 is 0 Å².